The topological polar surface area (TPSA) is 65.0 Å². The van der Waals surface area contributed by atoms with E-state index in [9.17, 15) is 9.90 Å². The largest absolute Gasteiger partial charge is 0.496 e. The number of hydrogen-bond acceptors (Lipinski definition) is 4. The van der Waals surface area contributed by atoms with Gasteiger partial charge in [0, 0.05) is 0 Å². The molecule has 0 bridgehead atoms. The predicted octanol–water partition coefficient (Wildman–Crippen LogP) is 2.75. The van der Waals surface area contributed by atoms with Gasteiger partial charge in [-0.05, 0) is 18.6 Å². The number of carboxylic acids is 1. The highest BCUT2D eigenvalue weighted by molar-refractivity contribution is 5.95. The van der Waals surface area contributed by atoms with Crippen molar-refractivity contribution in [2.45, 2.75) is 13.3 Å². The quantitative estimate of drug-likeness (QED) is 0.769. The summed E-state index contributed by atoms with van der Waals surface area (Å²) in [6.07, 6.45) is 4.75. The molecule has 0 saturated carbocycles. The molecule has 1 rings (SSSR count). The molecule has 5 nitrogen and oxygen atoms in total. The van der Waals surface area contributed by atoms with Gasteiger partial charge in [-0.3, -0.25) is 0 Å². The van der Waals surface area contributed by atoms with Crippen molar-refractivity contribution in [1.82, 2.24) is 0 Å². The molecule has 0 aliphatic heterocycles. The fourth-order valence-electron chi connectivity index (χ4n) is 1.61. The van der Waals surface area contributed by atoms with E-state index in [4.69, 9.17) is 14.2 Å². The van der Waals surface area contributed by atoms with Crippen molar-refractivity contribution in [2.24, 2.45) is 0 Å². The van der Waals surface area contributed by atoms with Crippen LogP contribution in [0, 0.1) is 0 Å². The van der Waals surface area contributed by atoms with E-state index in [2.05, 4.69) is 0 Å². The molecule has 0 amide bonds. The zero-order valence-electron chi connectivity index (χ0n) is 11.3. The fraction of sp³-hybridized carbons (Fsp3) is 0.357. The van der Waals surface area contributed by atoms with Crippen molar-refractivity contribution in [2.75, 3.05) is 20.8 Å². The second-order valence-corrected chi connectivity index (χ2v) is 3.67. The van der Waals surface area contributed by atoms with Crippen LogP contribution in [0.25, 0.3) is 0 Å². The number of carbonyl (C=O) groups is 1. The maximum Gasteiger partial charge on any atom is 0.343 e. The molecule has 0 heterocycles. The molecule has 0 fully saturated rings. The summed E-state index contributed by atoms with van der Waals surface area (Å²) in [6, 6.07) is 3.18. The van der Waals surface area contributed by atoms with Crippen LogP contribution in [0.4, 0.5) is 0 Å². The first-order valence-electron chi connectivity index (χ1n) is 5.91. The highest BCUT2D eigenvalue weighted by atomic mass is 16.5. The molecule has 1 aromatic rings. The SMILES string of the molecule is CC/C=C\COc1ccc(OC)c(C(=O)O)c1OC. The number of benzene rings is 1. The van der Waals surface area contributed by atoms with Gasteiger partial charge in [-0.15, -0.1) is 0 Å². The minimum Gasteiger partial charge on any atom is -0.496 e. The molecule has 104 valence electrons. The summed E-state index contributed by atoms with van der Waals surface area (Å²) in [6.45, 7) is 2.38. The molecule has 0 aliphatic rings. The zero-order valence-corrected chi connectivity index (χ0v) is 11.3. The monoisotopic (exact) mass is 266 g/mol. The van der Waals surface area contributed by atoms with E-state index in [1.165, 1.54) is 14.2 Å². The first-order valence-corrected chi connectivity index (χ1v) is 5.91. The molecule has 1 N–H and O–H groups in total. The third kappa shape index (κ3) is 3.64. The Labute approximate surface area is 112 Å². The summed E-state index contributed by atoms with van der Waals surface area (Å²) < 4.78 is 15.6. The Morgan fingerprint density at radius 1 is 1.21 bits per heavy atom. The lowest BCUT2D eigenvalue weighted by Gasteiger charge is -2.14. The van der Waals surface area contributed by atoms with Crippen LogP contribution in [0.5, 0.6) is 17.2 Å². The van der Waals surface area contributed by atoms with Gasteiger partial charge in [0.25, 0.3) is 0 Å². The van der Waals surface area contributed by atoms with Crippen molar-refractivity contribution in [3.63, 3.8) is 0 Å². The smallest absolute Gasteiger partial charge is 0.343 e. The normalized spacial score (nSPS) is 10.5. The van der Waals surface area contributed by atoms with Crippen molar-refractivity contribution >= 4 is 5.97 Å². The number of methoxy groups -OCH3 is 2. The summed E-state index contributed by atoms with van der Waals surface area (Å²) in [5.41, 5.74) is -0.0398. The van der Waals surface area contributed by atoms with Crippen LogP contribution in [0.15, 0.2) is 24.3 Å². The first kappa shape index (κ1) is 14.9. The Kier molecular flexibility index (Phi) is 5.73. The lowest BCUT2D eigenvalue weighted by molar-refractivity contribution is 0.0688. The Bertz CT molecular complexity index is 465. The van der Waals surface area contributed by atoms with Crippen LogP contribution in [-0.2, 0) is 0 Å². The minimum absolute atomic E-state index is 0.0398. The Balaban J connectivity index is 3.08. The second kappa shape index (κ2) is 7.31. The Morgan fingerprint density at radius 2 is 1.89 bits per heavy atom. The van der Waals surface area contributed by atoms with E-state index in [-0.39, 0.29) is 17.1 Å². The molecule has 0 aromatic heterocycles. The minimum atomic E-state index is -1.12. The van der Waals surface area contributed by atoms with Gasteiger partial charge < -0.3 is 19.3 Å². The lowest BCUT2D eigenvalue weighted by atomic mass is 10.1. The van der Waals surface area contributed by atoms with Crippen molar-refractivity contribution in [3.8, 4) is 17.2 Å². The van der Waals surface area contributed by atoms with Crippen molar-refractivity contribution in [1.29, 1.82) is 0 Å². The number of aromatic carboxylic acids is 1. The van der Waals surface area contributed by atoms with Crippen molar-refractivity contribution < 1.29 is 24.1 Å². The van der Waals surface area contributed by atoms with E-state index in [0.717, 1.165) is 6.42 Å². The molecule has 0 atom stereocenters. The summed E-state index contributed by atoms with van der Waals surface area (Å²) in [5.74, 6) is -0.345. The number of allylic oxidation sites excluding steroid dienone is 1. The molecular formula is C14H18O5. The average molecular weight is 266 g/mol. The van der Waals surface area contributed by atoms with Gasteiger partial charge in [0.1, 0.15) is 17.9 Å². The van der Waals surface area contributed by atoms with E-state index in [1.807, 2.05) is 19.1 Å². The molecule has 5 heteroatoms. The Hall–Kier alpha value is -2.17. The second-order valence-electron chi connectivity index (χ2n) is 3.67. The van der Waals surface area contributed by atoms with Gasteiger partial charge in [-0.1, -0.05) is 19.1 Å². The third-order valence-electron chi connectivity index (χ3n) is 2.46. The predicted molar refractivity (Wildman–Crippen MR) is 71.4 cm³/mol. The van der Waals surface area contributed by atoms with E-state index < -0.39 is 5.97 Å². The first-order chi connectivity index (χ1) is 9.15. The maximum atomic E-state index is 11.3. The van der Waals surface area contributed by atoms with Crippen LogP contribution in [0.3, 0.4) is 0 Å². The third-order valence-corrected chi connectivity index (χ3v) is 2.46. The number of ether oxygens (including phenoxy) is 3. The summed E-state index contributed by atoms with van der Waals surface area (Å²) in [7, 11) is 2.81. The highest BCUT2D eigenvalue weighted by Crippen LogP contribution is 2.37. The van der Waals surface area contributed by atoms with Crippen molar-refractivity contribution in [3.05, 3.63) is 29.8 Å². The molecule has 0 aliphatic carbocycles. The summed E-state index contributed by atoms with van der Waals surface area (Å²) in [5, 5.41) is 9.21. The number of rotatable bonds is 7. The van der Waals surface area contributed by atoms with Gasteiger partial charge >= 0.3 is 5.97 Å². The maximum absolute atomic E-state index is 11.3. The van der Waals surface area contributed by atoms with Crippen LogP contribution in [0.2, 0.25) is 0 Å². The average Bonchev–Trinajstić information content (AvgIpc) is 2.42. The van der Waals surface area contributed by atoms with Crippen LogP contribution >= 0.6 is 0 Å². The summed E-state index contributed by atoms with van der Waals surface area (Å²) >= 11 is 0. The van der Waals surface area contributed by atoms with Gasteiger partial charge in [-0.25, -0.2) is 4.79 Å². The number of hydrogen-bond donors (Lipinski definition) is 1. The molecule has 0 saturated heterocycles. The molecule has 1 aromatic carbocycles. The fourth-order valence-corrected chi connectivity index (χ4v) is 1.61. The Morgan fingerprint density at radius 3 is 2.42 bits per heavy atom. The summed E-state index contributed by atoms with van der Waals surface area (Å²) in [4.78, 5) is 11.3. The van der Waals surface area contributed by atoms with Gasteiger partial charge in [0.15, 0.2) is 11.5 Å². The van der Waals surface area contributed by atoms with Crippen LogP contribution in [0.1, 0.15) is 23.7 Å². The van der Waals surface area contributed by atoms with E-state index in [1.54, 1.807) is 12.1 Å². The van der Waals surface area contributed by atoms with Gasteiger partial charge in [0.2, 0.25) is 0 Å². The van der Waals surface area contributed by atoms with Crippen LogP contribution < -0.4 is 14.2 Å². The van der Waals surface area contributed by atoms with Gasteiger partial charge in [0.05, 0.1) is 14.2 Å². The molecule has 0 unspecified atom stereocenters. The number of carboxylic acid groups (broad SMARTS) is 1. The standard InChI is InChI=1S/C14H18O5/c1-4-5-6-9-19-11-8-7-10(17-2)12(14(15)16)13(11)18-3/h5-8H,4,9H2,1-3H3,(H,15,16)/b6-5-. The molecule has 0 radical (unpaired) electrons. The molecule has 19 heavy (non-hydrogen) atoms. The van der Waals surface area contributed by atoms with E-state index >= 15 is 0 Å². The van der Waals surface area contributed by atoms with Crippen LogP contribution in [-0.4, -0.2) is 31.9 Å². The highest BCUT2D eigenvalue weighted by Gasteiger charge is 2.21. The zero-order chi connectivity index (χ0) is 14.3. The molecule has 0 spiro atoms. The molecular weight excluding hydrogens is 248 g/mol. The van der Waals surface area contributed by atoms with E-state index in [0.29, 0.717) is 12.4 Å². The lowest BCUT2D eigenvalue weighted by Crippen LogP contribution is -2.06. The van der Waals surface area contributed by atoms with Gasteiger partial charge in [-0.2, -0.15) is 0 Å².